The summed E-state index contributed by atoms with van der Waals surface area (Å²) in [5.74, 6) is -0.404. The number of hydrogen-bond acceptors (Lipinski definition) is 5. The average Bonchev–Trinajstić information content (AvgIpc) is 2.45. The molecule has 0 radical (unpaired) electrons. The fourth-order valence-electron chi connectivity index (χ4n) is 1.38. The Balaban J connectivity index is 2.49. The van der Waals surface area contributed by atoms with Gasteiger partial charge in [0, 0.05) is 5.69 Å². The molecule has 1 atom stereocenters. The summed E-state index contributed by atoms with van der Waals surface area (Å²) in [5.41, 5.74) is 1.05. The number of carbonyl (C=O) groups excluding carboxylic acids is 2. The topological polar surface area (TPSA) is 79.2 Å². The fourth-order valence-corrected chi connectivity index (χ4v) is 2.06. The zero-order valence-corrected chi connectivity index (χ0v) is 12.2. The number of amides is 1. The van der Waals surface area contributed by atoms with Crippen LogP contribution in [0, 0.1) is 11.3 Å². The number of esters is 1. The molecule has 5 nitrogen and oxygen atoms in total. The van der Waals surface area contributed by atoms with Gasteiger partial charge in [-0.2, -0.15) is 5.26 Å². The second kappa shape index (κ2) is 8.23. The monoisotopic (exact) mass is 292 g/mol. The van der Waals surface area contributed by atoms with Crippen LogP contribution in [0.5, 0.6) is 0 Å². The Labute approximate surface area is 122 Å². The van der Waals surface area contributed by atoms with Crippen molar-refractivity contribution >= 4 is 29.3 Å². The van der Waals surface area contributed by atoms with E-state index in [2.05, 4.69) is 5.32 Å². The molecule has 1 aromatic rings. The van der Waals surface area contributed by atoms with Gasteiger partial charge in [0.2, 0.25) is 5.91 Å². The number of nitriles is 1. The number of thioether (sulfide) groups is 1. The van der Waals surface area contributed by atoms with Gasteiger partial charge < -0.3 is 10.1 Å². The Morgan fingerprint density at radius 3 is 2.90 bits per heavy atom. The first kappa shape index (κ1) is 16.1. The van der Waals surface area contributed by atoms with Crippen molar-refractivity contribution in [2.24, 2.45) is 0 Å². The minimum atomic E-state index is -0.384. The number of benzene rings is 1. The van der Waals surface area contributed by atoms with Crippen molar-refractivity contribution in [1.82, 2.24) is 0 Å². The predicted molar refractivity (Wildman–Crippen MR) is 78.3 cm³/mol. The molecule has 0 aromatic heterocycles. The minimum absolute atomic E-state index is 0.140. The zero-order valence-electron chi connectivity index (χ0n) is 11.4. The lowest BCUT2D eigenvalue weighted by atomic mass is 10.2. The molecule has 0 unspecified atom stereocenters. The number of nitrogens with zero attached hydrogens (tertiary/aromatic N) is 1. The summed E-state index contributed by atoms with van der Waals surface area (Å²) in [4.78, 5) is 23.1. The van der Waals surface area contributed by atoms with E-state index in [1.165, 1.54) is 11.8 Å². The molecule has 0 bridgehead atoms. The molecule has 6 heteroatoms. The number of hydrogen-bond donors (Lipinski definition) is 1. The number of nitrogens with one attached hydrogen (secondary N) is 1. The molecule has 1 N–H and O–H groups in total. The molecule has 0 aliphatic heterocycles. The molecule has 0 fully saturated rings. The molecular formula is C14H16N2O3S. The van der Waals surface area contributed by atoms with Crippen molar-refractivity contribution in [2.75, 3.05) is 17.7 Å². The molecule has 20 heavy (non-hydrogen) atoms. The third-order valence-corrected chi connectivity index (χ3v) is 3.50. The van der Waals surface area contributed by atoms with Gasteiger partial charge in [0.05, 0.1) is 29.2 Å². The van der Waals surface area contributed by atoms with Crippen LogP contribution in [0.2, 0.25) is 0 Å². The molecule has 0 aliphatic rings. The smallest absolute Gasteiger partial charge is 0.315 e. The van der Waals surface area contributed by atoms with Gasteiger partial charge in [-0.1, -0.05) is 6.07 Å². The van der Waals surface area contributed by atoms with E-state index in [9.17, 15) is 9.59 Å². The SMILES string of the molecule is CCOC(=O)CS[C@H](C)C(=O)Nc1cccc(C#N)c1. The molecular weight excluding hydrogens is 276 g/mol. The van der Waals surface area contributed by atoms with Gasteiger partial charge in [-0.25, -0.2) is 0 Å². The van der Waals surface area contributed by atoms with E-state index in [0.717, 1.165) is 0 Å². The Bertz CT molecular complexity index is 525. The van der Waals surface area contributed by atoms with E-state index in [-0.39, 0.29) is 22.9 Å². The highest BCUT2D eigenvalue weighted by Crippen LogP contribution is 2.15. The van der Waals surface area contributed by atoms with Gasteiger partial charge in [0.15, 0.2) is 0 Å². The number of ether oxygens (including phenoxy) is 1. The number of carbonyl (C=O) groups is 2. The highest BCUT2D eigenvalue weighted by Gasteiger charge is 2.15. The van der Waals surface area contributed by atoms with Crippen molar-refractivity contribution < 1.29 is 14.3 Å². The summed E-state index contributed by atoms with van der Waals surface area (Å²) in [6.45, 7) is 3.79. The fraction of sp³-hybridized carbons (Fsp3) is 0.357. The molecule has 1 rings (SSSR count). The van der Waals surface area contributed by atoms with Crippen molar-refractivity contribution in [3.8, 4) is 6.07 Å². The van der Waals surface area contributed by atoms with Crippen molar-refractivity contribution in [2.45, 2.75) is 19.1 Å². The molecule has 1 aromatic carbocycles. The van der Waals surface area contributed by atoms with Crippen LogP contribution in [-0.4, -0.2) is 29.5 Å². The van der Waals surface area contributed by atoms with Gasteiger partial charge in [-0.3, -0.25) is 9.59 Å². The van der Waals surface area contributed by atoms with Gasteiger partial charge in [-0.05, 0) is 32.0 Å². The third-order valence-electron chi connectivity index (χ3n) is 2.38. The van der Waals surface area contributed by atoms with Crippen molar-refractivity contribution in [1.29, 1.82) is 5.26 Å². The van der Waals surface area contributed by atoms with Crippen LogP contribution in [0.25, 0.3) is 0 Å². The maximum Gasteiger partial charge on any atom is 0.315 e. The molecule has 0 spiro atoms. The predicted octanol–water partition coefficient (Wildman–Crippen LogP) is 2.18. The number of anilines is 1. The summed E-state index contributed by atoms with van der Waals surface area (Å²) >= 11 is 1.21. The maximum atomic E-state index is 11.9. The minimum Gasteiger partial charge on any atom is -0.465 e. The molecule has 0 aliphatic carbocycles. The molecule has 1 amide bonds. The van der Waals surface area contributed by atoms with Crippen LogP contribution in [0.1, 0.15) is 19.4 Å². The van der Waals surface area contributed by atoms with Crippen LogP contribution in [0.15, 0.2) is 24.3 Å². The number of rotatable bonds is 6. The molecule has 0 heterocycles. The summed E-state index contributed by atoms with van der Waals surface area (Å²) in [6.07, 6.45) is 0. The Hall–Kier alpha value is -2.00. The summed E-state index contributed by atoms with van der Waals surface area (Å²) in [6, 6.07) is 8.67. The first-order valence-corrected chi connectivity index (χ1v) is 7.20. The first-order valence-electron chi connectivity index (χ1n) is 6.15. The Kier molecular flexibility index (Phi) is 6.60. The zero-order chi connectivity index (χ0) is 15.0. The Morgan fingerprint density at radius 2 is 2.25 bits per heavy atom. The van der Waals surface area contributed by atoms with Gasteiger partial charge >= 0.3 is 5.97 Å². The lowest BCUT2D eigenvalue weighted by Gasteiger charge is -2.11. The maximum absolute atomic E-state index is 11.9. The van der Waals surface area contributed by atoms with E-state index in [1.54, 1.807) is 38.1 Å². The van der Waals surface area contributed by atoms with Crippen molar-refractivity contribution in [3.63, 3.8) is 0 Å². The average molecular weight is 292 g/mol. The normalized spacial score (nSPS) is 11.2. The third kappa shape index (κ3) is 5.33. The van der Waals surface area contributed by atoms with Crippen LogP contribution in [-0.2, 0) is 14.3 Å². The standard InChI is InChI=1S/C14H16N2O3S/c1-3-19-13(17)9-20-10(2)14(18)16-12-6-4-5-11(7-12)8-15/h4-7,10H,3,9H2,1-2H3,(H,16,18)/t10-/m1/s1. The second-order valence-electron chi connectivity index (χ2n) is 3.94. The molecule has 0 saturated heterocycles. The van der Waals surface area contributed by atoms with E-state index >= 15 is 0 Å². The summed E-state index contributed by atoms with van der Waals surface area (Å²) in [5, 5.41) is 11.1. The first-order chi connectivity index (χ1) is 9.56. The van der Waals surface area contributed by atoms with E-state index in [1.807, 2.05) is 6.07 Å². The highest BCUT2D eigenvalue weighted by atomic mass is 32.2. The largest absolute Gasteiger partial charge is 0.465 e. The molecule has 106 valence electrons. The van der Waals surface area contributed by atoms with E-state index in [0.29, 0.717) is 17.9 Å². The summed E-state index contributed by atoms with van der Waals surface area (Å²) < 4.78 is 4.79. The summed E-state index contributed by atoms with van der Waals surface area (Å²) in [7, 11) is 0. The lowest BCUT2D eigenvalue weighted by molar-refractivity contribution is -0.139. The lowest BCUT2D eigenvalue weighted by Crippen LogP contribution is -2.24. The second-order valence-corrected chi connectivity index (χ2v) is 5.27. The van der Waals surface area contributed by atoms with Gasteiger partial charge in [0.1, 0.15) is 0 Å². The van der Waals surface area contributed by atoms with E-state index in [4.69, 9.17) is 10.00 Å². The molecule has 0 saturated carbocycles. The van der Waals surface area contributed by atoms with Crippen LogP contribution in [0.4, 0.5) is 5.69 Å². The van der Waals surface area contributed by atoms with Gasteiger partial charge in [0.25, 0.3) is 0 Å². The Morgan fingerprint density at radius 1 is 1.50 bits per heavy atom. The quantitative estimate of drug-likeness (QED) is 0.813. The van der Waals surface area contributed by atoms with Crippen molar-refractivity contribution in [3.05, 3.63) is 29.8 Å². The van der Waals surface area contributed by atoms with Crippen LogP contribution >= 0.6 is 11.8 Å². The van der Waals surface area contributed by atoms with Crippen LogP contribution in [0.3, 0.4) is 0 Å². The van der Waals surface area contributed by atoms with E-state index < -0.39 is 0 Å². The van der Waals surface area contributed by atoms with Gasteiger partial charge in [-0.15, -0.1) is 11.8 Å². The van der Waals surface area contributed by atoms with Crippen LogP contribution < -0.4 is 5.32 Å². The highest BCUT2D eigenvalue weighted by molar-refractivity contribution is 8.01.